The average Bonchev–Trinajstić information content (AvgIpc) is 2.36. The van der Waals surface area contributed by atoms with Crippen LogP contribution in [0.3, 0.4) is 0 Å². The maximum Gasteiger partial charge on any atom is 0.196 e. The van der Waals surface area contributed by atoms with Crippen LogP contribution in [-0.2, 0) is 0 Å². The molecule has 0 atom stereocenters. The molecule has 1 aromatic rings. The Morgan fingerprint density at radius 3 is 2.33 bits per heavy atom. The molecule has 0 aromatic heterocycles. The lowest BCUT2D eigenvalue weighted by atomic mass is 10.0. The molecule has 5 heteroatoms. The molecule has 0 radical (unpaired) electrons. The number of anilines is 1. The summed E-state index contributed by atoms with van der Waals surface area (Å²) < 4.78 is 39.7. The summed E-state index contributed by atoms with van der Waals surface area (Å²) in [5.74, 6) is -3.64. The summed E-state index contributed by atoms with van der Waals surface area (Å²) in [4.78, 5) is 3.91. The van der Waals surface area contributed by atoms with Gasteiger partial charge in [0.2, 0.25) is 0 Å². The first-order chi connectivity index (χ1) is 8.50. The smallest absolute Gasteiger partial charge is 0.196 e. The predicted octanol–water partition coefficient (Wildman–Crippen LogP) is 2.63. The molecule has 1 aliphatic heterocycles. The van der Waals surface area contributed by atoms with Gasteiger partial charge >= 0.3 is 0 Å². The minimum Gasteiger partial charge on any atom is -0.369 e. The zero-order valence-electron chi connectivity index (χ0n) is 10.6. The van der Waals surface area contributed by atoms with Crippen molar-refractivity contribution in [1.29, 1.82) is 0 Å². The normalized spacial score (nSPS) is 18.1. The molecule has 100 valence electrons. The third-order valence-corrected chi connectivity index (χ3v) is 3.63. The van der Waals surface area contributed by atoms with E-state index in [2.05, 4.69) is 4.90 Å². The van der Waals surface area contributed by atoms with Crippen molar-refractivity contribution in [2.75, 3.05) is 32.1 Å². The maximum atomic E-state index is 13.7. The Bertz CT molecular complexity index is 428. The van der Waals surface area contributed by atoms with Crippen molar-refractivity contribution < 1.29 is 13.2 Å². The van der Waals surface area contributed by atoms with E-state index in [0.29, 0.717) is 0 Å². The monoisotopic (exact) mass is 258 g/mol. The molecule has 0 unspecified atom stereocenters. The minimum atomic E-state index is -1.40. The standard InChI is InChI=1S/C13H17F3N2/c1-17-7-5-9(6-8-17)18(2)11-4-3-10(14)12(15)13(11)16/h3-4,9H,5-8H2,1-2H3. The molecular formula is C13H17F3N2. The first kappa shape index (κ1) is 13.2. The summed E-state index contributed by atoms with van der Waals surface area (Å²) in [5.41, 5.74) is 0.128. The Hall–Kier alpha value is -1.23. The van der Waals surface area contributed by atoms with Gasteiger partial charge in [-0.15, -0.1) is 0 Å². The molecule has 0 bridgehead atoms. The molecule has 18 heavy (non-hydrogen) atoms. The van der Waals surface area contributed by atoms with Crippen LogP contribution in [0.5, 0.6) is 0 Å². The highest BCUT2D eigenvalue weighted by Gasteiger charge is 2.24. The molecule has 0 amide bonds. The third kappa shape index (κ3) is 2.46. The van der Waals surface area contributed by atoms with Crippen LogP contribution in [0.25, 0.3) is 0 Å². The highest BCUT2D eigenvalue weighted by molar-refractivity contribution is 5.48. The summed E-state index contributed by atoms with van der Waals surface area (Å²) in [6.07, 6.45) is 1.79. The molecule has 0 N–H and O–H groups in total. The molecule has 2 nitrogen and oxygen atoms in total. The molecule has 2 rings (SSSR count). The van der Waals surface area contributed by atoms with E-state index >= 15 is 0 Å². The third-order valence-electron chi connectivity index (χ3n) is 3.63. The average molecular weight is 258 g/mol. The maximum absolute atomic E-state index is 13.7. The van der Waals surface area contributed by atoms with Crippen LogP contribution < -0.4 is 4.90 Å². The SMILES string of the molecule is CN1CCC(N(C)c2ccc(F)c(F)c2F)CC1. The van der Waals surface area contributed by atoms with Gasteiger partial charge in [-0.3, -0.25) is 0 Å². The topological polar surface area (TPSA) is 6.48 Å². The van der Waals surface area contributed by atoms with Gasteiger partial charge in [0, 0.05) is 13.1 Å². The van der Waals surface area contributed by atoms with Crippen LogP contribution in [0.2, 0.25) is 0 Å². The minimum absolute atomic E-state index is 0.128. The number of halogens is 3. The van der Waals surface area contributed by atoms with Crippen molar-refractivity contribution >= 4 is 5.69 Å². The Balaban J connectivity index is 2.18. The van der Waals surface area contributed by atoms with Crippen molar-refractivity contribution in [2.45, 2.75) is 18.9 Å². The molecule has 0 spiro atoms. The second kappa shape index (κ2) is 5.18. The second-order valence-corrected chi connectivity index (χ2v) is 4.84. The Morgan fingerprint density at radius 1 is 1.11 bits per heavy atom. The van der Waals surface area contributed by atoms with Crippen LogP contribution in [0.4, 0.5) is 18.9 Å². The van der Waals surface area contributed by atoms with Gasteiger partial charge in [-0.2, -0.15) is 0 Å². The zero-order valence-corrected chi connectivity index (χ0v) is 10.6. The van der Waals surface area contributed by atoms with Crippen molar-refractivity contribution in [2.24, 2.45) is 0 Å². The number of likely N-dealkylation sites (tertiary alicyclic amines) is 1. The van der Waals surface area contributed by atoms with Crippen LogP contribution in [0.1, 0.15) is 12.8 Å². The fourth-order valence-corrected chi connectivity index (χ4v) is 2.37. The van der Waals surface area contributed by atoms with E-state index in [-0.39, 0.29) is 11.7 Å². The zero-order chi connectivity index (χ0) is 13.3. The summed E-state index contributed by atoms with van der Waals surface area (Å²) in [6, 6.07) is 2.44. The number of rotatable bonds is 2. The number of hydrogen-bond acceptors (Lipinski definition) is 2. The second-order valence-electron chi connectivity index (χ2n) is 4.84. The van der Waals surface area contributed by atoms with Gasteiger partial charge in [0.05, 0.1) is 5.69 Å². The lowest BCUT2D eigenvalue weighted by molar-refractivity contribution is 0.252. The molecule has 1 aromatic carbocycles. The quantitative estimate of drug-likeness (QED) is 0.752. The van der Waals surface area contributed by atoms with Gasteiger partial charge in [-0.25, -0.2) is 13.2 Å². The van der Waals surface area contributed by atoms with Gasteiger partial charge < -0.3 is 9.80 Å². The highest BCUT2D eigenvalue weighted by Crippen LogP contribution is 2.27. The Kier molecular flexibility index (Phi) is 3.80. The fourth-order valence-electron chi connectivity index (χ4n) is 2.37. The van der Waals surface area contributed by atoms with E-state index in [9.17, 15) is 13.2 Å². The summed E-state index contributed by atoms with van der Waals surface area (Å²) in [5, 5.41) is 0. The molecule has 1 aliphatic rings. The van der Waals surface area contributed by atoms with Crippen molar-refractivity contribution in [3.63, 3.8) is 0 Å². The first-order valence-corrected chi connectivity index (χ1v) is 6.05. The molecule has 1 saturated heterocycles. The fraction of sp³-hybridized carbons (Fsp3) is 0.538. The van der Waals surface area contributed by atoms with E-state index < -0.39 is 17.5 Å². The van der Waals surface area contributed by atoms with E-state index in [1.165, 1.54) is 6.07 Å². The first-order valence-electron chi connectivity index (χ1n) is 6.05. The lowest BCUT2D eigenvalue weighted by Gasteiger charge is -2.36. The van der Waals surface area contributed by atoms with Gasteiger partial charge in [-0.05, 0) is 45.1 Å². The van der Waals surface area contributed by atoms with Crippen molar-refractivity contribution in [3.8, 4) is 0 Å². The molecular weight excluding hydrogens is 241 g/mol. The highest BCUT2D eigenvalue weighted by atomic mass is 19.2. The van der Waals surface area contributed by atoms with Gasteiger partial charge in [-0.1, -0.05) is 0 Å². The van der Waals surface area contributed by atoms with Crippen LogP contribution in [0.15, 0.2) is 12.1 Å². The Labute approximate surface area is 105 Å². The van der Waals surface area contributed by atoms with E-state index in [0.717, 1.165) is 32.0 Å². The van der Waals surface area contributed by atoms with Gasteiger partial charge in [0.1, 0.15) is 0 Å². The molecule has 0 aliphatic carbocycles. The predicted molar refractivity (Wildman–Crippen MR) is 65.2 cm³/mol. The number of nitrogens with zero attached hydrogens (tertiary/aromatic N) is 2. The van der Waals surface area contributed by atoms with Gasteiger partial charge in [0.15, 0.2) is 17.5 Å². The van der Waals surface area contributed by atoms with Crippen LogP contribution in [-0.4, -0.2) is 38.1 Å². The molecule has 0 saturated carbocycles. The number of benzene rings is 1. The van der Waals surface area contributed by atoms with Crippen LogP contribution >= 0.6 is 0 Å². The van der Waals surface area contributed by atoms with Gasteiger partial charge in [0.25, 0.3) is 0 Å². The summed E-state index contributed by atoms with van der Waals surface area (Å²) in [7, 11) is 3.76. The van der Waals surface area contributed by atoms with Crippen LogP contribution in [0, 0.1) is 17.5 Å². The van der Waals surface area contributed by atoms with Crippen molar-refractivity contribution in [3.05, 3.63) is 29.6 Å². The van der Waals surface area contributed by atoms with E-state index in [1.54, 1.807) is 11.9 Å². The summed E-state index contributed by atoms with van der Waals surface area (Å²) in [6.45, 7) is 1.86. The molecule has 1 heterocycles. The number of hydrogen-bond donors (Lipinski definition) is 0. The molecule has 1 fully saturated rings. The number of piperidine rings is 1. The lowest BCUT2D eigenvalue weighted by Crippen LogP contribution is -2.42. The summed E-state index contributed by atoms with van der Waals surface area (Å²) >= 11 is 0. The Morgan fingerprint density at radius 2 is 1.72 bits per heavy atom. The largest absolute Gasteiger partial charge is 0.369 e. The van der Waals surface area contributed by atoms with E-state index in [1.807, 2.05) is 7.05 Å². The van der Waals surface area contributed by atoms with Crippen molar-refractivity contribution in [1.82, 2.24) is 4.90 Å². The van der Waals surface area contributed by atoms with E-state index in [4.69, 9.17) is 0 Å².